The second-order valence-electron chi connectivity index (χ2n) is 5.64. The van der Waals surface area contributed by atoms with Crippen molar-refractivity contribution >= 4 is 17.3 Å². The molecule has 0 aromatic heterocycles. The highest BCUT2D eigenvalue weighted by Crippen LogP contribution is 2.26. The molecule has 0 radical (unpaired) electrons. The Kier molecular flexibility index (Phi) is 6.64. The molecule has 1 amide bonds. The molecule has 0 aliphatic carbocycles. The summed E-state index contributed by atoms with van der Waals surface area (Å²) < 4.78 is 5.38. The van der Waals surface area contributed by atoms with Gasteiger partial charge in [0.2, 0.25) is 5.91 Å². The molecule has 2 rings (SSSR count). The largest absolute Gasteiger partial charge is 0.378 e. The van der Waals surface area contributed by atoms with E-state index >= 15 is 0 Å². The molecule has 0 spiro atoms. The number of anilines is 2. The monoisotopic (exact) mass is 306 g/mol. The summed E-state index contributed by atoms with van der Waals surface area (Å²) in [6.45, 7) is 5.21. The van der Waals surface area contributed by atoms with E-state index in [0.29, 0.717) is 6.54 Å². The third kappa shape index (κ3) is 5.29. The normalized spacial score (nSPS) is 15.1. The third-order valence-electron chi connectivity index (χ3n) is 3.55. The first-order chi connectivity index (χ1) is 10.7. The second kappa shape index (κ2) is 8.73. The molecule has 6 nitrogen and oxygen atoms in total. The molecule has 6 heteroatoms. The van der Waals surface area contributed by atoms with Crippen LogP contribution in [-0.2, 0) is 9.53 Å². The lowest BCUT2D eigenvalue weighted by molar-refractivity contribution is -0.115. The molecule has 0 atom stereocenters. The summed E-state index contributed by atoms with van der Waals surface area (Å²) in [5, 5.41) is 6.15. The van der Waals surface area contributed by atoms with Crippen LogP contribution < -0.4 is 15.5 Å². The van der Waals surface area contributed by atoms with Crippen LogP contribution in [0.15, 0.2) is 24.3 Å². The maximum Gasteiger partial charge on any atom is 0.238 e. The number of hydrogen-bond donors (Lipinski definition) is 2. The van der Waals surface area contributed by atoms with Gasteiger partial charge in [0.1, 0.15) is 0 Å². The Morgan fingerprint density at radius 2 is 2.00 bits per heavy atom. The number of carbonyl (C=O) groups is 1. The minimum atomic E-state index is -0.0144. The lowest BCUT2D eigenvalue weighted by Crippen LogP contribution is -2.37. The Balaban J connectivity index is 1.87. The zero-order valence-electron chi connectivity index (χ0n) is 13.5. The van der Waals surface area contributed by atoms with Crippen LogP contribution in [0, 0.1) is 0 Å². The van der Waals surface area contributed by atoms with Gasteiger partial charge in [-0.15, -0.1) is 0 Å². The van der Waals surface area contributed by atoms with E-state index in [4.69, 9.17) is 4.74 Å². The Labute approximate surface area is 132 Å². The molecule has 1 fully saturated rings. The zero-order chi connectivity index (χ0) is 15.8. The van der Waals surface area contributed by atoms with E-state index in [-0.39, 0.29) is 5.91 Å². The van der Waals surface area contributed by atoms with E-state index in [9.17, 15) is 4.79 Å². The van der Waals surface area contributed by atoms with Crippen molar-refractivity contribution in [2.75, 3.05) is 70.2 Å². The van der Waals surface area contributed by atoms with Gasteiger partial charge in [-0.3, -0.25) is 4.79 Å². The number of likely N-dealkylation sites (N-methyl/N-ethyl adjacent to an activating group) is 1. The van der Waals surface area contributed by atoms with Gasteiger partial charge in [0.25, 0.3) is 0 Å². The van der Waals surface area contributed by atoms with Crippen molar-refractivity contribution in [2.45, 2.75) is 0 Å². The number of benzene rings is 1. The number of nitrogens with zero attached hydrogens (tertiary/aromatic N) is 2. The number of rotatable bonds is 7. The molecule has 122 valence electrons. The van der Waals surface area contributed by atoms with Crippen LogP contribution in [0.5, 0.6) is 0 Å². The van der Waals surface area contributed by atoms with E-state index in [2.05, 4.69) is 20.4 Å². The van der Waals surface area contributed by atoms with Gasteiger partial charge in [-0.2, -0.15) is 0 Å². The molecule has 22 heavy (non-hydrogen) atoms. The minimum absolute atomic E-state index is 0.0144. The van der Waals surface area contributed by atoms with Crippen molar-refractivity contribution in [1.29, 1.82) is 0 Å². The first-order valence-corrected chi connectivity index (χ1v) is 7.74. The van der Waals surface area contributed by atoms with Crippen LogP contribution >= 0.6 is 0 Å². The van der Waals surface area contributed by atoms with Gasteiger partial charge in [0.15, 0.2) is 0 Å². The van der Waals surface area contributed by atoms with Crippen LogP contribution in [0.25, 0.3) is 0 Å². The average Bonchev–Trinajstić information content (AvgIpc) is 2.53. The first-order valence-electron chi connectivity index (χ1n) is 7.74. The number of ether oxygens (including phenoxy) is 1. The van der Waals surface area contributed by atoms with Crippen molar-refractivity contribution in [1.82, 2.24) is 10.2 Å². The van der Waals surface area contributed by atoms with Gasteiger partial charge in [0.05, 0.1) is 31.1 Å². The van der Waals surface area contributed by atoms with E-state index in [1.54, 1.807) is 0 Å². The highest BCUT2D eigenvalue weighted by molar-refractivity contribution is 5.95. The van der Waals surface area contributed by atoms with Gasteiger partial charge in [-0.1, -0.05) is 12.1 Å². The fourth-order valence-corrected chi connectivity index (χ4v) is 2.36. The zero-order valence-corrected chi connectivity index (χ0v) is 13.5. The number of para-hydroxylation sites is 2. The number of carbonyl (C=O) groups excluding carboxylic acids is 1. The van der Waals surface area contributed by atoms with Gasteiger partial charge in [-0.05, 0) is 26.2 Å². The summed E-state index contributed by atoms with van der Waals surface area (Å²) in [5.41, 5.74) is 1.93. The summed E-state index contributed by atoms with van der Waals surface area (Å²) in [6, 6.07) is 7.93. The molecule has 0 saturated carbocycles. The molecule has 1 heterocycles. The van der Waals surface area contributed by atoms with Crippen molar-refractivity contribution in [2.24, 2.45) is 0 Å². The number of hydrogen-bond acceptors (Lipinski definition) is 5. The molecule has 1 aromatic rings. The minimum Gasteiger partial charge on any atom is -0.378 e. The van der Waals surface area contributed by atoms with Gasteiger partial charge in [0, 0.05) is 26.2 Å². The molecule has 1 aliphatic rings. The van der Waals surface area contributed by atoms with Gasteiger partial charge >= 0.3 is 0 Å². The Morgan fingerprint density at radius 1 is 1.27 bits per heavy atom. The maximum atomic E-state index is 12.1. The fraction of sp³-hybridized carbons (Fsp3) is 0.562. The topological polar surface area (TPSA) is 56.8 Å². The van der Waals surface area contributed by atoms with Crippen LogP contribution in [0.3, 0.4) is 0 Å². The average molecular weight is 306 g/mol. The molecular weight excluding hydrogens is 280 g/mol. The molecule has 2 N–H and O–H groups in total. The predicted octanol–water partition coefficient (Wildman–Crippen LogP) is 0.613. The number of morpholine rings is 1. The summed E-state index contributed by atoms with van der Waals surface area (Å²) in [6.07, 6.45) is 0. The van der Waals surface area contributed by atoms with E-state index in [0.717, 1.165) is 50.8 Å². The quantitative estimate of drug-likeness (QED) is 0.723. The maximum absolute atomic E-state index is 12.1. The lowest BCUT2D eigenvalue weighted by atomic mass is 10.2. The smallest absolute Gasteiger partial charge is 0.238 e. The van der Waals surface area contributed by atoms with Crippen molar-refractivity contribution in [3.8, 4) is 0 Å². The number of amides is 1. The summed E-state index contributed by atoms with van der Waals surface area (Å²) in [7, 11) is 4.03. The second-order valence-corrected chi connectivity index (χ2v) is 5.64. The van der Waals surface area contributed by atoms with Crippen molar-refractivity contribution in [3.05, 3.63) is 24.3 Å². The van der Waals surface area contributed by atoms with E-state index in [1.165, 1.54) is 0 Å². The molecule has 0 bridgehead atoms. The molecule has 1 aliphatic heterocycles. The van der Waals surface area contributed by atoms with Crippen LogP contribution in [0.2, 0.25) is 0 Å². The molecular formula is C16H26N4O2. The lowest BCUT2D eigenvalue weighted by Gasteiger charge is -2.30. The Bertz CT molecular complexity index is 473. The van der Waals surface area contributed by atoms with E-state index in [1.807, 2.05) is 38.4 Å². The van der Waals surface area contributed by atoms with E-state index < -0.39 is 0 Å². The SMILES string of the molecule is CN(C)CCNCC(=O)Nc1ccccc1N1CCOCC1. The molecule has 1 saturated heterocycles. The van der Waals surface area contributed by atoms with Gasteiger partial charge in [-0.25, -0.2) is 0 Å². The van der Waals surface area contributed by atoms with Crippen LogP contribution in [0.4, 0.5) is 11.4 Å². The third-order valence-corrected chi connectivity index (χ3v) is 3.55. The van der Waals surface area contributed by atoms with Crippen molar-refractivity contribution < 1.29 is 9.53 Å². The molecule has 1 aromatic carbocycles. The molecule has 0 unspecified atom stereocenters. The van der Waals surface area contributed by atoms with Crippen molar-refractivity contribution in [3.63, 3.8) is 0 Å². The Morgan fingerprint density at radius 3 is 2.73 bits per heavy atom. The van der Waals surface area contributed by atoms with Crippen LogP contribution in [0.1, 0.15) is 0 Å². The fourth-order valence-electron chi connectivity index (χ4n) is 2.36. The highest BCUT2D eigenvalue weighted by Gasteiger charge is 2.15. The number of nitrogens with one attached hydrogen (secondary N) is 2. The summed E-state index contributed by atoms with van der Waals surface area (Å²) >= 11 is 0. The van der Waals surface area contributed by atoms with Crippen LogP contribution in [-0.4, -0.2) is 70.8 Å². The highest BCUT2D eigenvalue weighted by atomic mass is 16.5. The Hall–Kier alpha value is -1.63. The van der Waals surface area contributed by atoms with Gasteiger partial charge < -0.3 is 25.2 Å². The predicted molar refractivity (Wildman–Crippen MR) is 89.5 cm³/mol. The summed E-state index contributed by atoms with van der Waals surface area (Å²) in [4.78, 5) is 16.4. The summed E-state index contributed by atoms with van der Waals surface area (Å²) in [5.74, 6) is -0.0144. The standard InChI is InChI=1S/C16H26N4O2/c1-19(2)8-7-17-13-16(21)18-14-5-3-4-6-15(14)20-9-11-22-12-10-20/h3-6,17H,7-13H2,1-2H3,(H,18,21). The first kappa shape index (κ1) is 16.7.